The zero-order valence-electron chi connectivity index (χ0n) is 21.5. The van der Waals surface area contributed by atoms with Gasteiger partial charge in [-0.15, -0.1) is 5.10 Å². The molecule has 40 heavy (non-hydrogen) atoms. The smallest absolute Gasteiger partial charge is 0.280 e. The van der Waals surface area contributed by atoms with Crippen molar-refractivity contribution in [2.45, 2.75) is 44.3 Å². The van der Waals surface area contributed by atoms with Gasteiger partial charge in [-0.25, -0.2) is 35.8 Å². The van der Waals surface area contributed by atoms with Crippen molar-refractivity contribution in [1.29, 1.82) is 0 Å². The molecule has 0 amide bonds. The number of imidazole rings is 1. The summed E-state index contributed by atoms with van der Waals surface area (Å²) in [5.41, 5.74) is -0.188. The molecule has 1 unspecified atom stereocenters. The number of fused-ring (bicyclic) bond motifs is 2. The molecule has 0 spiro atoms. The van der Waals surface area contributed by atoms with E-state index in [0.29, 0.717) is 19.8 Å². The van der Waals surface area contributed by atoms with Crippen LogP contribution in [0.1, 0.15) is 12.2 Å². The quantitative estimate of drug-likeness (QED) is 0.336. The van der Waals surface area contributed by atoms with Crippen LogP contribution in [0.3, 0.4) is 0 Å². The van der Waals surface area contributed by atoms with Gasteiger partial charge < -0.3 is 19.4 Å². The Morgan fingerprint density at radius 1 is 1.18 bits per heavy atom. The molecular weight excluding hydrogens is 544 g/mol. The normalized spacial score (nSPS) is 20.0. The summed E-state index contributed by atoms with van der Waals surface area (Å²) in [5, 5.41) is 6.84. The highest BCUT2D eigenvalue weighted by Gasteiger charge is 2.47. The molecule has 9 nitrogen and oxygen atoms in total. The number of likely N-dealkylation sites (tertiary alicyclic amines) is 1. The maximum Gasteiger partial charge on any atom is 0.280 e. The minimum absolute atomic E-state index is 0.00695. The van der Waals surface area contributed by atoms with Crippen molar-refractivity contribution in [3.05, 3.63) is 35.8 Å². The monoisotopic (exact) mass is 569 g/mol. The second-order valence-corrected chi connectivity index (χ2v) is 9.98. The van der Waals surface area contributed by atoms with E-state index in [1.165, 1.54) is 20.1 Å². The molecule has 2 fully saturated rings. The molecule has 3 aromatic heterocycles. The number of rotatable bonds is 7. The first-order chi connectivity index (χ1) is 19.1. The second-order valence-electron chi connectivity index (χ2n) is 9.98. The Morgan fingerprint density at radius 2 is 1.95 bits per heavy atom. The Balaban J connectivity index is 1.37. The molecule has 2 aliphatic heterocycles. The molecule has 0 aliphatic carbocycles. The van der Waals surface area contributed by atoms with E-state index in [2.05, 4.69) is 20.4 Å². The fraction of sp³-hybridized carbons (Fsp3) is 0.480. The predicted molar refractivity (Wildman–Crippen MR) is 132 cm³/mol. The largest absolute Gasteiger partial charge is 0.479 e. The summed E-state index contributed by atoms with van der Waals surface area (Å²) in [6.45, 7) is 1.59. The van der Waals surface area contributed by atoms with E-state index in [0.717, 1.165) is 21.3 Å². The average Bonchev–Trinajstić information content (AvgIpc) is 3.34. The molecule has 6 rings (SSSR count). The SMILES string of the molecule is COc1nc(NC2CCN(C3COC3)CC2(F)F)nn2cc(F)c(-c3cc(F)c4nc(C)n(CC(F)F)c4c3)c12. The summed E-state index contributed by atoms with van der Waals surface area (Å²) >= 11 is 0. The van der Waals surface area contributed by atoms with Crippen LogP contribution >= 0.6 is 0 Å². The number of nitrogens with one attached hydrogen (secondary N) is 1. The van der Waals surface area contributed by atoms with Crippen LogP contribution in [0, 0.1) is 18.6 Å². The topological polar surface area (TPSA) is 81.7 Å². The molecule has 1 atom stereocenters. The number of ether oxygens (including phenoxy) is 2. The van der Waals surface area contributed by atoms with Crippen LogP contribution < -0.4 is 10.1 Å². The van der Waals surface area contributed by atoms with Crippen molar-refractivity contribution in [2.24, 2.45) is 0 Å². The van der Waals surface area contributed by atoms with E-state index in [9.17, 15) is 8.78 Å². The van der Waals surface area contributed by atoms with Gasteiger partial charge in [0, 0.05) is 6.54 Å². The molecule has 2 aliphatic rings. The van der Waals surface area contributed by atoms with Crippen LogP contribution in [-0.2, 0) is 11.3 Å². The molecule has 1 aromatic carbocycles. The number of halogens is 6. The van der Waals surface area contributed by atoms with E-state index in [4.69, 9.17) is 9.47 Å². The Hall–Kier alpha value is -3.59. The van der Waals surface area contributed by atoms with E-state index >= 15 is 17.6 Å². The number of aromatic nitrogens is 5. The zero-order chi connectivity index (χ0) is 28.3. The van der Waals surface area contributed by atoms with Gasteiger partial charge in [0.05, 0.1) is 62.8 Å². The van der Waals surface area contributed by atoms with Gasteiger partial charge >= 0.3 is 0 Å². The Kier molecular flexibility index (Phi) is 6.52. The summed E-state index contributed by atoms with van der Waals surface area (Å²) in [5.74, 6) is -4.94. The fourth-order valence-electron chi connectivity index (χ4n) is 5.36. The van der Waals surface area contributed by atoms with Crippen molar-refractivity contribution >= 4 is 22.5 Å². The number of alkyl halides is 4. The fourth-order valence-corrected chi connectivity index (χ4v) is 5.36. The van der Waals surface area contributed by atoms with E-state index in [1.807, 2.05) is 0 Å². The first kappa shape index (κ1) is 26.6. The molecule has 0 radical (unpaired) electrons. The lowest BCUT2D eigenvalue weighted by Crippen LogP contribution is -2.61. The summed E-state index contributed by atoms with van der Waals surface area (Å²) in [4.78, 5) is 9.93. The van der Waals surface area contributed by atoms with E-state index < -0.39 is 43.1 Å². The Bertz CT molecular complexity index is 1590. The lowest BCUT2D eigenvalue weighted by Gasteiger charge is -2.44. The standard InChI is InChI=1S/C25H25F6N7O2/c1-12-32-21-15(26)5-13(6-17(21)37(12)8-19(28)29)20-16(27)7-38-22(20)23(39-2)34-24(35-38)33-18-3-4-36(11-25(18,30)31)14-9-40-10-14/h5-7,14,18-19H,3-4,8-11H2,1-2H3,(H,33,35). The minimum atomic E-state index is -3.10. The maximum atomic E-state index is 15.4. The van der Waals surface area contributed by atoms with Gasteiger partial charge in [0.2, 0.25) is 11.8 Å². The molecule has 1 N–H and O–H groups in total. The molecule has 2 saturated heterocycles. The van der Waals surface area contributed by atoms with Crippen LogP contribution in [0.5, 0.6) is 5.88 Å². The first-order valence-electron chi connectivity index (χ1n) is 12.6. The van der Waals surface area contributed by atoms with Crippen molar-refractivity contribution in [3.63, 3.8) is 0 Å². The van der Waals surface area contributed by atoms with Crippen molar-refractivity contribution in [2.75, 3.05) is 38.7 Å². The third-order valence-electron chi connectivity index (χ3n) is 7.42. The van der Waals surface area contributed by atoms with Crippen LogP contribution in [0.2, 0.25) is 0 Å². The van der Waals surface area contributed by atoms with Crippen LogP contribution in [0.25, 0.3) is 27.7 Å². The summed E-state index contributed by atoms with van der Waals surface area (Å²) in [6.07, 6.45) is -1.62. The first-order valence-corrected chi connectivity index (χ1v) is 12.6. The average molecular weight is 570 g/mol. The summed E-state index contributed by atoms with van der Waals surface area (Å²) < 4.78 is 99.5. The predicted octanol–water partition coefficient (Wildman–Crippen LogP) is 4.13. The number of piperidine rings is 1. The van der Waals surface area contributed by atoms with E-state index in [-0.39, 0.29) is 57.8 Å². The highest BCUT2D eigenvalue weighted by Crippen LogP contribution is 2.37. The van der Waals surface area contributed by atoms with Gasteiger partial charge in [0.1, 0.15) is 16.9 Å². The van der Waals surface area contributed by atoms with Crippen LogP contribution in [-0.4, -0.2) is 86.9 Å². The highest BCUT2D eigenvalue weighted by atomic mass is 19.3. The van der Waals surface area contributed by atoms with Gasteiger partial charge in [0.25, 0.3) is 12.3 Å². The molecule has 0 bridgehead atoms. The third kappa shape index (κ3) is 4.50. The second kappa shape index (κ2) is 9.80. The lowest BCUT2D eigenvalue weighted by molar-refractivity contribution is -0.131. The molecule has 214 valence electrons. The van der Waals surface area contributed by atoms with E-state index in [1.54, 1.807) is 4.90 Å². The minimum Gasteiger partial charge on any atom is -0.479 e. The van der Waals surface area contributed by atoms with Crippen LogP contribution in [0.4, 0.5) is 32.3 Å². The molecule has 5 heterocycles. The summed E-state index contributed by atoms with van der Waals surface area (Å²) in [7, 11) is 1.26. The van der Waals surface area contributed by atoms with Gasteiger partial charge in [-0.2, -0.15) is 4.98 Å². The van der Waals surface area contributed by atoms with Gasteiger partial charge in [-0.3, -0.25) is 4.90 Å². The Labute approximate surface area is 223 Å². The third-order valence-corrected chi connectivity index (χ3v) is 7.42. The number of aryl methyl sites for hydroxylation is 1. The number of anilines is 1. The lowest BCUT2D eigenvalue weighted by atomic mass is 9.98. The van der Waals surface area contributed by atoms with Gasteiger partial charge in [0.15, 0.2) is 11.6 Å². The molecule has 4 aromatic rings. The molecular formula is C25H25F6N7O2. The number of hydrogen-bond donors (Lipinski definition) is 1. The number of methoxy groups -OCH3 is 1. The van der Waals surface area contributed by atoms with Crippen molar-refractivity contribution in [3.8, 4) is 17.0 Å². The zero-order valence-corrected chi connectivity index (χ0v) is 21.5. The number of hydrogen-bond acceptors (Lipinski definition) is 7. The molecule has 15 heteroatoms. The molecule has 0 saturated carbocycles. The van der Waals surface area contributed by atoms with Crippen molar-refractivity contribution in [1.82, 2.24) is 29.0 Å². The number of nitrogens with zero attached hydrogens (tertiary/aromatic N) is 6. The number of benzene rings is 1. The van der Waals surface area contributed by atoms with Gasteiger partial charge in [-0.1, -0.05) is 0 Å². The van der Waals surface area contributed by atoms with Crippen molar-refractivity contribution < 1.29 is 35.8 Å². The Morgan fingerprint density at radius 3 is 2.60 bits per heavy atom. The maximum absolute atomic E-state index is 15.4. The summed E-state index contributed by atoms with van der Waals surface area (Å²) in [6, 6.07) is 1.09. The van der Waals surface area contributed by atoms with Gasteiger partial charge in [-0.05, 0) is 31.0 Å². The van der Waals surface area contributed by atoms with Crippen LogP contribution in [0.15, 0.2) is 18.3 Å². The highest BCUT2D eigenvalue weighted by molar-refractivity contribution is 5.90.